The number of ether oxygens (including phenoxy) is 1. The topological polar surface area (TPSA) is 96.1 Å². The van der Waals surface area contributed by atoms with Gasteiger partial charge in [-0.25, -0.2) is 4.79 Å². The number of carbonyl (C=O) groups is 2. The van der Waals surface area contributed by atoms with Crippen LogP contribution in [0.25, 0.3) is 10.9 Å². The number of para-hydroxylation sites is 1. The number of benzene rings is 1. The number of alkyl carbamates (subject to hydrolysis) is 1. The van der Waals surface area contributed by atoms with Gasteiger partial charge < -0.3 is 20.4 Å². The maximum atomic E-state index is 12.5. The highest BCUT2D eigenvalue weighted by Gasteiger charge is 2.10. The monoisotopic (exact) mass is 380 g/mol. The Kier molecular flexibility index (Phi) is 6.26. The SMILES string of the molecule is CCOC(=O)NCc1cc(C(=O)NCCc2c(C)[nH]c3ccccc23)ccn1. The molecule has 7 heteroatoms. The maximum absolute atomic E-state index is 12.5. The molecule has 0 radical (unpaired) electrons. The van der Waals surface area contributed by atoms with Crippen molar-refractivity contribution in [2.75, 3.05) is 13.2 Å². The van der Waals surface area contributed by atoms with E-state index in [0.29, 0.717) is 24.4 Å². The zero-order valence-electron chi connectivity index (χ0n) is 16.0. The molecule has 0 bridgehead atoms. The number of rotatable bonds is 7. The van der Waals surface area contributed by atoms with Crippen LogP contribution >= 0.6 is 0 Å². The molecule has 2 amide bonds. The van der Waals surface area contributed by atoms with E-state index in [0.717, 1.165) is 17.6 Å². The Morgan fingerprint density at radius 3 is 2.82 bits per heavy atom. The van der Waals surface area contributed by atoms with Gasteiger partial charge in [0.05, 0.1) is 18.8 Å². The number of aromatic nitrogens is 2. The summed E-state index contributed by atoms with van der Waals surface area (Å²) in [6.07, 6.45) is 1.79. The molecule has 28 heavy (non-hydrogen) atoms. The molecule has 146 valence electrons. The molecule has 1 aromatic carbocycles. The fourth-order valence-electron chi connectivity index (χ4n) is 3.12. The maximum Gasteiger partial charge on any atom is 0.407 e. The molecule has 0 saturated carbocycles. The molecule has 7 nitrogen and oxygen atoms in total. The zero-order valence-corrected chi connectivity index (χ0v) is 16.0. The highest BCUT2D eigenvalue weighted by atomic mass is 16.5. The molecule has 3 aromatic rings. The molecular weight excluding hydrogens is 356 g/mol. The van der Waals surface area contributed by atoms with Gasteiger partial charge >= 0.3 is 6.09 Å². The number of aryl methyl sites for hydroxylation is 1. The highest BCUT2D eigenvalue weighted by molar-refractivity contribution is 5.94. The Morgan fingerprint density at radius 1 is 1.18 bits per heavy atom. The Balaban J connectivity index is 1.57. The van der Waals surface area contributed by atoms with Crippen LogP contribution in [0.5, 0.6) is 0 Å². The Morgan fingerprint density at radius 2 is 2.00 bits per heavy atom. The molecule has 2 heterocycles. The van der Waals surface area contributed by atoms with E-state index in [1.165, 1.54) is 10.9 Å². The summed E-state index contributed by atoms with van der Waals surface area (Å²) >= 11 is 0. The van der Waals surface area contributed by atoms with Crippen molar-refractivity contribution in [2.45, 2.75) is 26.8 Å². The van der Waals surface area contributed by atoms with Crippen molar-refractivity contribution >= 4 is 22.9 Å². The Labute approximate surface area is 163 Å². The number of aromatic amines is 1. The summed E-state index contributed by atoms with van der Waals surface area (Å²) in [4.78, 5) is 31.4. The normalized spacial score (nSPS) is 10.6. The van der Waals surface area contributed by atoms with Gasteiger partial charge in [-0.2, -0.15) is 0 Å². The molecular formula is C21H24N4O3. The summed E-state index contributed by atoms with van der Waals surface area (Å²) in [7, 11) is 0. The summed E-state index contributed by atoms with van der Waals surface area (Å²) in [5.74, 6) is -0.169. The predicted octanol–water partition coefficient (Wildman–Crippen LogP) is 3.09. The number of amides is 2. The molecule has 0 aliphatic heterocycles. The van der Waals surface area contributed by atoms with E-state index in [1.807, 2.05) is 25.1 Å². The molecule has 0 saturated heterocycles. The van der Waals surface area contributed by atoms with Crippen LogP contribution in [0, 0.1) is 6.92 Å². The van der Waals surface area contributed by atoms with Gasteiger partial charge in [0.1, 0.15) is 0 Å². The number of nitrogens with zero attached hydrogens (tertiary/aromatic N) is 1. The number of carbonyl (C=O) groups excluding carboxylic acids is 2. The summed E-state index contributed by atoms with van der Waals surface area (Å²) in [6, 6.07) is 11.5. The largest absolute Gasteiger partial charge is 0.450 e. The smallest absolute Gasteiger partial charge is 0.407 e. The van der Waals surface area contributed by atoms with Crippen molar-refractivity contribution in [1.82, 2.24) is 20.6 Å². The minimum absolute atomic E-state index is 0.169. The average Bonchev–Trinajstić information content (AvgIpc) is 3.02. The fraction of sp³-hybridized carbons (Fsp3) is 0.286. The predicted molar refractivity (Wildman–Crippen MR) is 107 cm³/mol. The van der Waals surface area contributed by atoms with Crippen LogP contribution in [0.15, 0.2) is 42.6 Å². The second-order valence-corrected chi connectivity index (χ2v) is 6.39. The first-order valence-corrected chi connectivity index (χ1v) is 9.28. The van der Waals surface area contributed by atoms with Crippen molar-refractivity contribution in [2.24, 2.45) is 0 Å². The number of hydrogen-bond acceptors (Lipinski definition) is 4. The first kappa shape index (κ1) is 19.4. The third kappa shape index (κ3) is 4.68. The Hall–Kier alpha value is -3.35. The molecule has 0 aliphatic rings. The lowest BCUT2D eigenvalue weighted by molar-refractivity contribution is 0.0954. The van der Waals surface area contributed by atoms with Crippen LogP contribution in [-0.2, 0) is 17.7 Å². The quantitative estimate of drug-likeness (QED) is 0.587. The van der Waals surface area contributed by atoms with Crippen LogP contribution < -0.4 is 10.6 Å². The number of H-pyrrole nitrogens is 1. The first-order chi connectivity index (χ1) is 13.6. The van der Waals surface area contributed by atoms with Crippen molar-refractivity contribution in [3.8, 4) is 0 Å². The summed E-state index contributed by atoms with van der Waals surface area (Å²) < 4.78 is 4.81. The van der Waals surface area contributed by atoms with Gasteiger partial charge in [0.2, 0.25) is 0 Å². The van der Waals surface area contributed by atoms with Crippen LogP contribution in [0.1, 0.15) is 34.2 Å². The second kappa shape index (κ2) is 9.03. The number of fused-ring (bicyclic) bond motifs is 1. The van der Waals surface area contributed by atoms with Crippen LogP contribution in [0.4, 0.5) is 4.79 Å². The van der Waals surface area contributed by atoms with Gasteiger partial charge in [-0.15, -0.1) is 0 Å². The molecule has 0 unspecified atom stereocenters. The molecule has 0 spiro atoms. The lowest BCUT2D eigenvalue weighted by Crippen LogP contribution is -2.27. The third-order valence-corrected chi connectivity index (χ3v) is 4.46. The first-order valence-electron chi connectivity index (χ1n) is 9.28. The van der Waals surface area contributed by atoms with Gasteiger partial charge in [-0.1, -0.05) is 18.2 Å². The van der Waals surface area contributed by atoms with E-state index in [2.05, 4.69) is 26.7 Å². The van der Waals surface area contributed by atoms with Crippen molar-refractivity contribution in [3.05, 3.63) is 65.1 Å². The Bertz CT molecular complexity index is 981. The number of hydrogen-bond donors (Lipinski definition) is 3. The van der Waals surface area contributed by atoms with E-state index < -0.39 is 6.09 Å². The third-order valence-electron chi connectivity index (χ3n) is 4.46. The molecule has 0 atom stereocenters. The zero-order chi connectivity index (χ0) is 19.9. The number of nitrogens with one attached hydrogen (secondary N) is 3. The highest BCUT2D eigenvalue weighted by Crippen LogP contribution is 2.21. The van der Waals surface area contributed by atoms with Gasteiger partial charge in [-0.05, 0) is 44.0 Å². The van der Waals surface area contributed by atoms with Gasteiger partial charge in [0.25, 0.3) is 5.91 Å². The van der Waals surface area contributed by atoms with E-state index in [-0.39, 0.29) is 12.5 Å². The average molecular weight is 380 g/mol. The van der Waals surface area contributed by atoms with E-state index in [1.54, 1.807) is 25.3 Å². The van der Waals surface area contributed by atoms with Gasteiger partial charge in [0.15, 0.2) is 0 Å². The summed E-state index contributed by atoms with van der Waals surface area (Å²) in [5, 5.41) is 6.73. The van der Waals surface area contributed by atoms with Crippen molar-refractivity contribution in [3.63, 3.8) is 0 Å². The van der Waals surface area contributed by atoms with Crippen LogP contribution in [0.2, 0.25) is 0 Å². The van der Waals surface area contributed by atoms with Crippen molar-refractivity contribution < 1.29 is 14.3 Å². The molecule has 0 fully saturated rings. The fourth-order valence-corrected chi connectivity index (χ4v) is 3.12. The second-order valence-electron chi connectivity index (χ2n) is 6.39. The van der Waals surface area contributed by atoms with Crippen LogP contribution in [-0.4, -0.2) is 35.1 Å². The van der Waals surface area contributed by atoms with Crippen molar-refractivity contribution in [1.29, 1.82) is 0 Å². The van der Waals surface area contributed by atoms with Gasteiger partial charge in [-0.3, -0.25) is 9.78 Å². The minimum Gasteiger partial charge on any atom is -0.450 e. The van der Waals surface area contributed by atoms with E-state index in [9.17, 15) is 9.59 Å². The number of pyridine rings is 1. The standard InChI is InChI=1S/C21H24N4O3/c1-3-28-21(27)24-13-16-12-15(8-10-22-16)20(26)23-11-9-17-14(2)25-19-7-5-4-6-18(17)19/h4-8,10,12,25H,3,9,11,13H2,1-2H3,(H,23,26)(H,24,27). The van der Waals surface area contributed by atoms with E-state index in [4.69, 9.17) is 4.74 Å². The summed E-state index contributed by atoms with van der Waals surface area (Å²) in [6.45, 7) is 4.82. The van der Waals surface area contributed by atoms with Crippen LogP contribution in [0.3, 0.4) is 0 Å². The summed E-state index contributed by atoms with van der Waals surface area (Å²) in [5.41, 5.74) is 4.53. The molecule has 0 aliphatic carbocycles. The molecule has 3 N–H and O–H groups in total. The lowest BCUT2D eigenvalue weighted by atomic mass is 10.1. The van der Waals surface area contributed by atoms with E-state index >= 15 is 0 Å². The van der Waals surface area contributed by atoms with Gasteiger partial charge in [0, 0.05) is 34.9 Å². The lowest BCUT2D eigenvalue weighted by Gasteiger charge is -2.08. The molecule has 2 aromatic heterocycles. The minimum atomic E-state index is -0.506. The molecule has 3 rings (SSSR count).